The maximum Gasteiger partial charge on any atom is 0.522 e. The minimum absolute atomic E-state index is 0.148. The standard InChI is InChI=1S/C8H15N3O.2CHF3O3S/c9-8(12)7-11-4-1-10(2-5-11)3-6-11;2*2-1(3,4)8(5,6)7/h1-7H2,(H-,9,12);2*(H,5,6,7). The van der Waals surface area contributed by atoms with Crippen LogP contribution in [-0.2, 0) is 25.0 Å². The van der Waals surface area contributed by atoms with Crippen LogP contribution >= 0.6 is 0 Å². The Bertz CT molecular complexity index is 687. The van der Waals surface area contributed by atoms with Crippen molar-refractivity contribution in [3.63, 3.8) is 0 Å². The van der Waals surface area contributed by atoms with E-state index in [1.807, 2.05) is 0 Å². The summed E-state index contributed by atoms with van der Waals surface area (Å²) in [5, 5.41) is 0. The zero-order valence-electron chi connectivity index (χ0n) is 13.9. The predicted molar refractivity (Wildman–Crippen MR) is 78.7 cm³/mol. The molecule has 3 fully saturated rings. The molecule has 0 radical (unpaired) electrons. The molecule has 0 unspecified atom stereocenters. The lowest BCUT2D eigenvalue weighted by atomic mass is 10.1. The van der Waals surface area contributed by atoms with E-state index in [0.717, 1.165) is 43.8 Å². The fourth-order valence-electron chi connectivity index (χ4n) is 2.30. The third kappa shape index (κ3) is 8.86. The minimum Gasteiger partial charge on any atom is -0.741 e. The summed E-state index contributed by atoms with van der Waals surface area (Å²) in [5.74, 6) is -0.148. The number of carbonyl (C=O) groups is 1. The van der Waals surface area contributed by atoms with Gasteiger partial charge in [-0.15, -0.1) is 0 Å². The molecule has 0 saturated carbocycles. The number of quaternary nitrogens is 1. The molecule has 10 nitrogen and oxygen atoms in total. The van der Waals surface area contributed by atoms with Gasteiger partial charge in [-0.25, -0.2) is 8.42 Å². The average Bonchev–Trinajstić information content (AvgIpc) is 2.45. The highest BCUT2D eigenvalue weighted by atomic mass is 32.2. The maximum atomic E-state index is 10.8. The summed E-state index contributed by atoms with van der Waals surface area (Å²) >= 11 is 0. The fourth-order valence-corrected chi connectivity index (χ4v) is 2.30. The molecule has 3 saturated heterocycles. The first-order valence-electron chi connectivity index (χ1n) is 7.12. The summed E-state index contributed by atoms with van der Waals surface area (Å²) in [4.78, 5) is 13.3. The summed E-state index contributed by atoms with van der Waals surface area (Å²) < 4.78 is 117. The number of carbonyl (C=O) groups excluding carboxylic acids is 1. The van der Waals surface area contributed by atoms with Crippen molar-refractivity contribution < 1.29 is 61.6 Å². The molecule has 3 N–H and O–H groups in total. The van der Waals surface area contributed by atoms with Gasteiger partial charge in [0.05, 0.1) is 19.6 Å². The Labute approximate surface area is 156 Å². The number of halogens is 6. The zero-order valence-corrected chi connectivity index (χ0v) is 15.5. The molecule has 3 aliphatic rings. The van der Waals surface area contributed by atoms with Crippen LogP contribution in [0.5, 0.6) is 0 Å². The fraction of sp³-hybridized carbons (Fsp3) is 0.900. The normalized spacial score (nSPS) is 25.1. The maximum absolute atomic E-state index is 10.8. The smallest absolute Gasteiger partial charge is 0.522 e. The van der Waals surface area contributed by atoms with E-state index >= 15 is 0 Å². The number of piperazine rings is 3. The van der Waals surface area contributed by atoms with Crippen LogP contribution in [-0.4, -0.2) is 98.1 Å². The Morgan fingerprint density at radius 2 is 1.25 bits per heavy atom. The molecule has 0 aromatic rings. The van der Waals surface area contributed by atoms with E-state index in [4.69, 9.17) is 31.7 Å². The molecule has 168 valence electrons. The van der Waals surface area contributed by atoms with Gasteiger partial charge in [0.1, 0.15) is 0 Å². The molecular weight excluding hydrogens is 452 g/mol. The average molecular weight is 469 g/mol. The van der Waals surface area contributed by atoms with Crippen molar-refractivity contribution >= 4 is 26.1 Å². The van der Waals surface area contributed by atoms with Crippen LogP contribution < -0.4 is 5.73 Å². The number of alkyl halides is 6. The SMILES string of the molecule is NC(=O)C[N+]12CCN(CC1)CC2.O=S(=O)(O)C(F)(F)F.O=S(=O)([O-])C(F)(F)F. The van der Waals surface area contributed by atoms with Gasteiger partial charge in [0.25, 0.3) is 5.91 Å². The van der Waals surface area contributed by atoms with Gasteiger partial charge in [0, 0.05) is 19.6 Å². The van der Waals surface area contributed by atoms with E-state index in [2.05, 4.69) is 4.90 Å². The predicted octanol–water partition coefficient (Wildman–Crippen LogP) is -0.937. The largest absolute Gasteiger partial charge is 0.741 e. The monoisotopic (exact) mass is 469 g/mol. The van der Waals surface area contributed by atoms with E-state index in [9.17, 15) is 31.1 Å². The number of nitrogens with zero attached hydrogens (tertiary/aromatic N) is 2. The van der Waals surface area contributed by atoms with Crippen LogP contribution in [0.15, 0.2) is 0 Å². The second-order valence-corrected chi connectivity index (χ2v) is 8.58. The minimum atomic E-state index is -6.09. The molecule has 0 aromatic heterocycles. The lowest BCUT2D eigenvalue weighted by molar-refractivity contribution is -0.933. The van der Waals surface area contributed by atoms with Gasteiger partial charge in [-0.05, 0) is 0 Å². The van der Waals surface area contributed by atoms with Gasteiger partial charge in [-0.3, -0.25) is 14.2 Å². The number of fused-ring (bicyclic) bond motifs is 3. The van der Waals surface area contributed by atoms with Crippen molar-refractivity contribution in [3.05, 3.63) is 0 Å². The van der Waals surface area contributed by atoms with Gasteiger partial charge in [0.2, 0.25) is 0 Å². The van der Waals surface area contributed by atoms with Gasteiger partial charge in [-0.1, -0.05) is 0 Å². The molecule has 3 heterocycles. The first kappa shape index (κ1) is 26.8. The summed E-state index contributed by atoms with van der Waals surface area (Å²) in [5.41, 5.74) is -5.95. The highest BCUT2D eigenvalue weighted by molar-refractivity contribution is 7.86. The molecule has 18 heteroatoms. The van der Waals surface area contributed by atoms with Crippen molar-refractivity contribution in [2.45, 2.75) is 11.0 Å². The summed E-state index contributed by atoms with van der Waals surface area (Å²) in [6.45, 7) is 7.33. The number of primary amides is 1. The van der Waals surface area contributed by atoms with Gasteiger partial charge < -0.3 is 14.8 Å². The number of hydrogen-bond donors (Lipinski definition) is 2. The molecule has 1 amide bonds. The highest BCUT2D eigenvalue weighted by Gasteiger charge is 2.44. The third-order valence-electron chi connectivity index (χ3n) is 3.74. The van der Waals surface area contributed by atoms with E-state index in [1.54, 1.807) is 0 Å². The third-order valence-corrected chi connectivity index (χ3v) is 4.89. The summed E-state index contributed by atoms with van der Waals surface area (Å²) in [6.07, 6.45) is 0. The van der Waals surface area contributed by atoms with Crippen molar-refractivity contribution in [1.82, 2.24) is 4.90 Å². The van der Waals surface area contributed by atoms with Crippen LogP contribution in [0, 0.1) is 0 Å². The van der Waals surface area contributed by atoms with Crippen LogP contribution in [0.1, 0.15) is 0 Å². The van der Waals surface area contributed by atoms with Gasteiger partial charge in [-0.2, -0.15) is 34.8 Å². The van der Waals surface area contributed by atoms with Crippen LogP contribution in [0.25, 0.3) is 0 Å². The topological polar surface area (TPSA) is 158 Å². The number of amides is 1. The van der Waals surface area contributed by atoms with Crippen LogP contribution in [0.3, 0.4) is 0 Å². The van der Waals surface area contributed by atoms with E-state index < -0.39 is 31.3 Å². The number of hydrogen-bond acceptors (Lipinski definition) is 7. The molecule has 0 aromatic carbocycles. The Hall–Kier alpha value is -1.21. The first-order chi connectivity index (χ1) is 12.2. The second-order valence-electron chi connectivity index (χ2n) is 5.80. The number of nitrogens with two attached hydrogens (primary N) is 1. The molecule has 2 bridgehead atoms. The molecule has 0 atom stereocenters. The quantitative estimate of drug-likeness (QED) is 0.227. The molecule has 3 rings (SSSR count). The van der Waals surface area contributed by atoms with Crippen molar-refractivity contribution in [3.8, 4) is 0 Å². The van der Waals surface area contributed by atoms with Crippen molar-refractivity contribution in [2.24, 2.45) is 5.73 Å². The molecule has 0 aliphatic carbocycles. The Morgan fingerprint density at radius 3 is 1.43 bits per heavy atom. The zero-order chi connectivity index (χ0) is 22.6. The molecular formula is C10H17F6N3O7S2. The van der Waals surface area contributed by atoms with E-state index in [1.165, 1.54) is 0 Å². The lowest BCUT2D eigenvalue weighted by Crippen LogP contribution is -2.68. The summed E-state index contributed by atoms with van der Waals surface area (Å²) in [7, 11) is -11.9. The highest BCUT2D eigenvalue weighted by Crippen LogP contribution is 2.21. The van der Waals surface area contributed by atoms with Gasteiger partial charge >= 0.3 is 21.1 Å². The van der Waals surface area contributed by atoms with Crippen LogP contribution in [0.2, 0.25) is 0 Å². The number of rotatable bonds is 2. The van der Waals surface area contributed by atoms with E-state index in [-0.39, 0.29) is 5.91 Å². The van der Waals surface area contributed by atoms with Gasteiger partial charge in [0.15, 0.2) is 16.7 Å². The second kappa shape index (κ2) is 9.08. The molecule has 28 heavy (non-hydrogen) atoms. The first-order valence-corrected chi connectivity index (χ1v) is 9.97. The Morgan fingerprint density at radius 1 is 0.964 bits per heavy atom. The Kier molecular flexibility index (Phi) is 8.68. The lowest BCUT2D eigenvalue weighted by Gasteiger charge is -2.49. The van der Waals surface area contributed by atoms with E-state index in [0.29, 0.717) is 6.54 Å². The van der Waals surface area contributed by atoms with Crippen molar-refractivity contribution in [1.29, 1.82) is 0 Å². The molecule has 3 aliphatic heterocycles. The van der Waals surface area contributed by atoms with Crippen molar-refractivity contribution in [2.75, 3.05) is 45.8 Å². The Balaban J connectivity index is 0.000000408. The summed E-state index contributed by atoms with van der Waals surface area (Å²) in [6, 6.07) is 0. The van der Waals surface area contributed by atoms with Crippen LogP contribution in [0.4, 0.5) is 26.3 Å². The molecule has 0 spiro atoms.